The molecule has 7 heteroatoms. The van der Waals surface area contributed by atoms with Crippen molar-refractivity contribution in [2.75, 3.05) is 6.54 Å². The van der Waals surface area contributed by atoms with Gasteiger partial charge in [0.1, 0.15) is 12.1 Å². The number of carbonyl (C=O) groups excluding carboxylic acids is 3. The van der Waals surface area contributed by atoms with Gasteiger partial charge in [0.2, 0.25) is 11.8 Å². The molecule has 3 N–H and O–H groups in total. The van der Waals surface area contributed by atoms with Crippen LogP contribution in [0.4, 0.5) is 4.79 Å². The molecule has 1 saturated carbocycles. The van der Waals surface area contributed by atoms with Crippen molar-refractivity contribution >= 4 is 17.8 Å². The predicted octanol–water partition coefficient (Wildman–Crippen LogP) is 0.742. The molecular weight excluding hydrogens is 308 g/mol. The van der Waals surface area contributed by atoms with Gasteiger partial charge in [-0.15, -0.1) is 0 Å². The third-order valence-electron chi connectivity index (χ3n) is 5.44. The number of carbonyl (C=O) groups is 3. The van der Waals surface area contributed by atoms with E-state index in [-0.39, 0.29) is 35.8 Å². The third kappa shape index (κ3) is 3.35. The number of fused-ring (bicyclic) bond motifs is 1. The fourth-order valence-corrected chi connectivity index (χ4v) is 4.09. The summed E-state index contributed by atoms with van der Waals surface area (Å²) >= 11 is 0. The minimum absolute atomic E-state index is 0.0356. The number of hydrogen-bond acceptors (Lipinski definition) is 3. The predicted molar refractivity (Wildman–Crippen MR) is 89.2 cm³/mol. The molecule has 0 radical (unpaired) electrons. The molecule has 1 aliphatic carbocycles. The van der Waals surface area contributed by atoms with Gasteiger partial charge in [-0.3, -0.25) is 9.59 Å². The first-order valence-electron chi connectivity index (χ1n) is 9.15. The number of nitrogens with one attached hydrogen (secondary N) is 3. The van der Waals surface area contributed by atoms with Crippen molar-refractivity contribution < 1.29 is 14.4 Å². The second-order valence-electron chi connectivity index (χ2n) is 7.55. The lowest BCUT2D eigenvalue weighted by atomic mass is 9.95. The highest BCUT2D eigenvalue weighted by molar-refractivity contribution is 5.98. The van der Waals surface area contributed by atoms with Gasteiger partial charge in [-0.05, 0) is 25.2 Å². The molecule has 3 fully saturated rings. The molecule has 3 rings (SSSR count). The van der Waals surface area contributed by atoms with Crippen molar-refractivity contribution in [3.63, 3.8) is 0 Å². The third-order valence-corrected chi connectivity index (χ3v) is 5.44. The van der Waals surface area contributed by atoms with Crippen LogP contribution in [0.5, 0.6) is 0 Å². The van der Waals surface area contributed by atoms with E-state index in [9.17, 15) is 14.4 Å². The summed E-state index contributed by atoms with van der Waals surface area (Å²) in [6.07, 6.45) is 6.19. The van der Waals surface area contributed by atoms with Crippen molar-refractivity contribution in [2.24, 2.45) is 5.92 Å². The summed E-state index contributed by atoms with van der Waals surface area (Å²) in [4.78, 5) is 38.8. The maximum atomic E-state index is 12.5. The van der Waals surface area contributed by atoms with Crippen LogP contribution in [0.3, 0.4) is 0 Å². The average molecular weight is 336 g/mol. The van der Waals surface area contributed by atoms with Crippen LogP contribution in [-0.2, 0) is 9.59 Å². The van der Waals surface area contributed by atoms with Gasteiger partial charge in [-0.2, -0.15) is 0 Å². The lowest BCUT2D eigenvalue weighted by molar-refractivity contribution is -0.148. The van der Waals surface area contributed by atoms with Crippen LogP contribution >= 0.6 is 0 Å². The van der Waals surface area contributed by atoms with Crippen molar-refractivity contribution in [2.45, 2.75) is 76.5 Å². The van der Waals surface area contributed by atoms with Crippen LogP contribution in [0.15, 0.2) is 0 Å². The zero-order chi connectivity index (χ0) is 17.3. The highest BCUT2D eigenvalue weighted by Crippen LogP contribution is 2.25. The average Bonchev–Trinajstić information content (AvgIpc) is 2.96. The van der Waals surface area contributed by atoms with Crippen molar-refractivity contribution in [1.82, 2.24) is 20.9 Å². The molecule has 3 aliphatic rings. The Bertz CT molecular complexity index is 516. The van der Waals surface area contributed by atoms with E-state index in [0.29, 0.717) is 13.0 Å². The molecular formula is C17H28N4O3. The van der Waals surface area contributed by atoms with Crippen LogP contribution in [-0.4, -0.2) is 53.5 Å². The molecule has 134 valence electrons. The topological polar surface area (TPSA) is 90.5 Å². The van der Waals surface area contributed by atoms with Crippen molar-refractivity contribution in [3.8, 4) is 0 Å². The molecule has 24 heavy (non-hydrogen) atoms. The first-order valence-corrected chi connectivity index (χ1v) is 9.15. The van der Waals surface area contributed by atoms with Crippen molar-refractivity contribution in [3.05, 3.63) is 0 Å². The lowest BCUT2D eigenvalue weighted by Gasteiger charge is -2.38. The molecule has 0 aromatic carbocycles. The Balaban J connectivity index is 1.59. The fourth-order valence-electron chi connectivity index (χ4n) is 4.09. The van der Waals surface area contributed by atoms with Crippen LogP contribution in [0.1, 0.15) is 52.4 Å². The molecule has 2 heterocycles. The Labute approximate surface area is 142 Å². The molecule has 0 spiro atoms. The second-order valence-corrected chi connectivity index (χ2v) is 7.55. The first kappa shape index (κ1) is 17.0. The van der Waals surface area contributed by atoms with Crippen molar-refractivity contribution in [1.29, 1.82) is 0 Å². The summed E-state index contributed by atoms with van der Waals surface area (Å²) in [6.45, 7) is 4.37. The van der Waals surface area contributed by atoms with Crippen LogP contribution in [0.25, 0.3) is 0 Å². The van der Waals surface area contributed by atoms with E-state index >= 15 is 0 Å². The molecule has 3 unspecified atom stereocenters. The highest BCUT2D eigenvalue weighted by atomic mass is 16.2. The maximum Gasteiger partial charge on any atom is 0.315 e. The summed E-state index contributed by atoms with van der Waals surface area (Å²) in [6, 6.07) is -1.35. The number of hydrogen-bond donors (Lipinski definition) is 3. The summed E-state index contributed by atoms with van der Waals surface area (Å²) in [7, 11) is 0. The SMILES string of the molecule is CC(C)C1NC(=O)C2C(NC(=O)NC3CCCCC3)CCN2C1=O. The Hall–Kier alpha value is -1.79. The van der Waals surface area contributed by atoms with Gasteiger partial charge in [0.25, 0.3) is 0 Å². The first-order chi connectivity index (χ1) is 11.5. The Morgan fingerprint density at radius 3 is 2.50 bits per heavy atom. The minimum Gasteiger partial charge on any atom is -0.342 e. The van der Waals surface area contributed by atoms with E-state index < -0.39 is 12.1 Å². The standard InChI is InChI=1S/C17H28N4O3/c1-10(2)13-16(23)21-9-8-12(14(21)15(22)20-13)19-17(24)18-11-6-4-3-5-7-11/h10-14H,3-9H2,1-2H3,(H,20,22)(H2,18,19,24). The number of piperazine rings is 1. The van der Waals surface area contributed by atoms with Crippen LogP contribution < -0.4 is 16.0 Å². The van der Waals surface area contributed by atoms with Crippen LogP contribution in [0.2, 0.25) is 0 Å². The van der Waals surface area contributed by atoms with E-state index in [0.717, 1.165) is 25.7 Å². The molecule has 0 bridgehead atoms. The Kier molecular flexibility index (Phi) is 4.96. The molecule has 0 aromatic heterocycles. The van der Waals surface area contributed by atoms with Gasteiger partial charge >= 0.3 is 6.03 Å². The zero-order valence-corrected chi connectivity index (χ0v) is 14.5. The second kappa shape index (κ2) is 6.99. The van der Waals surface area contributed by atoms with E-state index in [1.54, 1.807) is 4.90 Å². The maximum absolute atomic E-state index is 12.5. The van der Waals surface area contributed by atoms with Gasteiger partial charge in [-0.1, -0.05) is 33.1 Å². The molecule has 0 aromatic rings. The number of rotatable bonds is 3. The summed E-state index contributed by atoms with van der Waals surface area (Å²) in [5.41, 5.74) is 0. The quantitative estimate of drug-likeness (QED) is 0.710. The molecule has 2 saturated heterocycles. The van der Waals surface area contributed by atoms with E-state index in [2.05, 4.69) is 16.0 Å². The van der Waals surface area contributed by atoms with Gasteiger partial charge < -0.3 is 20.9 Å². The normalized spacial score (nSPS) is 31.0. The molecule has 4 amide bonds. The fraction of sp³-hybridized carbons (Fsp3) is 0.824. The van der Waals surface area contributed by atoms with Crippen LogP contribution in [0, 0.1) is 5.92 Å². The zero-order valence-electron chi connectivity index (χ0n) is 14.5. The summed E-state index contributed by atoms with van der Waals surface area (Å²) in [5, 5.41) is 8.74. The monoisotopic (exact) mass is 336 g/mol. The van der Waals surface area contributed by atoms with Gasteiger partial charge in [-0.25, -0.2) is 4.79 Å². The van der Waals surface area contributed by atoms with E-state index in [1.165, 1.54) is 6.42 Å². The molecule has 3 atom stereocenters. The van der Waals surface area contributed by atoms with E-state index in [4.69, 9.17) is 0 Å². The molecule has 7 nitrogen and oxygen atoms in total. The van der Waals surface area contributed by atoms with E-state index in [1.807, 2.05) is 13.8 Å². The smallest absolute Gasteiger partial charge is 0.315 e. The number of nitrogens with zero attached hydrogens (tertiary/aromatic N) is 1. The number of amides is 4. The minimum atomic E-state index is -0.579. The van der Waals surface area contributed by atoms with Gasteiger partial charge in [0.15, 0.2) is 0 Å². The Morgan fingerprint density at radius 1 is 1.12 bits per heavy atom. The lowest BCUT2D eigenvalue weighted by Crippen LogP contribution is -2.66. The molecule has 2 aliphatic heterocycles. The summed E-state index contributed by atoms with van der Waals surface area (Å²) < 4.78 is 0. The largest absolute Gasteiger partial charge is 0.342 e. The van der Waals surface area contributed by atoms with Gasteiger partial charge in [0.05, 0.1) is 6.04 Å². The summed E-state index contributed by atoms with van der Waals surface area (Å²) in [5.74, 6) is -0.135. The number of urea groups is 1. The Morgan fingerprint density at radius 2 is 1.83 bits per heavy atom. The highest BCUT2D eigenvalue weighted by Gasteiger charge is 2.49. The van der Waals surface area contributed by atoms with Gasteiger partial charge in [0, 0.05) is 12.6 Å².